The molecule has 0 fully saturated rings. The molecule has 0 amide bonds. The van der Waals surface area contributed by atoms with Crippen LogP contribution in [0.2, 0.25) is 0 Å². The number of unbranched alkanes of at least 4 members (excludes halogenated alkanes) is 2. The SMILES string of the molecule is C=C(C)C(=O)OC.C=C(C)C(=O)OCCCCCC(C)C. The topological polar surface area (TPSA) is 52.6 Å². The average Bonchev–Trinajstić information content (AvgIpc) is 2.41. The highest BCUT2D eigenvalue weighted by molar-refractivity contribution is 5.87. The quantitative estimate of drug-likeness (QED) is 0.385. The molecule has 0 spiro atoms. The van der Waals surface area contributed by atoms with Gasteiger partial charge in [-0.1, -0.05) is 46.3 Å². The molecule has 0 aromatic carbocycles. The van der Waals surface area contributed by atoms with E-state index in [1.807, 2.05) is 0 Å². The fourth-order valence-electron chi connectivity index (χ4n) is 1.29. The standard InChI is InChI=1S/C12H22O2.C5H8O2/c1-10(2)8-6-5-7-9-14-12(13)11(3)4;1-4(2)5(6)7-3/h10H,3,5-9H2,1-2,4H3;1H2,2-3H3. The van der Waals surface area contributed by atoms with Crippen molar-refractivity contribution in [2.45, 2.75) is 53.4 Å². The molecular formula is C17H30O4. The van der Waals surface area contributed by atoms with Gasteiger partial charge in [0.15, 0.2) is 0 Å². The summed E-state index contributed by atoms with van der Waals surface area (Å²) >= 11 is 0. The first-order chi connectivity index (χ1) is 9.72. The van der Waals surface area contributed by atoms with Crippen molar-refractivity contribution in [3.63, 3.8) is 0 Å². The van der Waals surface area contributed by atoms with E-state index in [2.05, 4.69) is 31.7 Å². The molecule has 0 radical (unpaired) electrons. The fourth-order valence-corrected chi connectivity index (χ4v) is 1.29. The molecule has 0 saturated carbocycles. The van der Waals surface area contributed by atoms with Crippen LogP contribution in [0, 0.1) is 5.92 Å². The molecule has 0 rings (SSSR count). The van der Waals surface area contributed by atoms with E-state index < -0.39 is 0 Å². The maximum atomic E-state index is 11.0. The molecule has 4 heteroatoms. The second kappa shape index (κ2) is 13.4. The van der Waals surface area contributed by atoms with Gasteiger partial charge in [0, 0.05) is 11.1 Å². The Morgan fingerprint density at radius 3 is 1.81 bits per heavy atom. The summed E-state index contributed by atoms with van der Waals surface area (Å²) in [6, 6.07) is 0. The lowest BCUT2D eigenvalue weighted by molar-refractivity contribution is -0.139. The number of methoxy groups -OCH3 is 1. The van der Waals surface area contributed by atoms with Crippen molar-refractivity contribution < 1.29 is 19.1 Å². The van der Waals surface area contributed by atoms with Gasteiger partial charge in [-0.05, 0) is 26.2 Å². The number of rotatable bonds is 8. The smallest absolute Gasteiger partial charge is 0.333 e. The third kappa shape index (κ3) is 16.4. The Morgan fingerprint density at radius 2 is 1.48 bits per heavy atom. The summed E-state index contributed by atoms with van der Waals surface area (Å²) in [5.74, 6) is 0.154. The van der Waals surface area contributed by atoms with Gasteiger partial charge in [-0.2, -0.15) is 0 Å². The van der Waals surface area contributed by atoms with Crippen LogP contribution in [-0.4, -0.2) is 25.7 Å². The van der Waals surface area contributed by atoms with Crippen molar-refractivity contribution >= 4 is 11.9 Å². The first-order valence-corrected chi connectivity index (χ1v) is 7.28. The summed E-state index contributed by atoms with van der Waals surface area (Å²) in [5.41, 5.74) is 0.912. The normalized spacial score (nSPS) is 9.43. The van der Waals surface area contributed by atoms with Crippen LogP contribution in [0.1, 0.15) is 53.4 Å². The highest BCUT2D eigenvalue weighted by Gasteiger charge is 2.01. The zero-order chi connectivity index (χ0) is 16.8. The Balaban J connectivity index is 0. The van der Waals surface area contributed by atoms with Crippen LogP contribution in [0.5, 0.6) is 0 Å². The lowest BCUT2D eigenvalue weighted by atomic mass is 10.1. The first kappa shape index (κ1) is 21.7. The van der Waals surface area contributed by atoms with E-state index in [-0.39, 0.29) is 11.9 Å². The van der Waals surface area contributed by atoms with Gasteiger partial charge in [-0.25, -0.2) is 9.59 Å². The van der Waals surface area contributed by atoms with Crippen molar-refractivity contribution in [1.82, 2.24) is 0 Å². The molecule has 0 aliphatic heterocycles. The summed E-state index contributed by atoms with van der Waals surface area (Å²) in [5, 5.41) is 0. The van der Waals surface area contributed by atoms with E-state index in [0.717, 1.165) is 18.8 Å². The van der Waals surface area contributed by atoms with Crippen LogP contribution in [0.3, 0.4) is 0 Å². The molecular weight excluding hydrogens is 268 g/mol. The molecule has 0 atom stereocenters. The molecule has 0 aromatic rings. The van der Waals surface area contributed by atoms with Gasteiger partial charge in [-0.15, -0.1) is 0 Å². The van der Waals surface area contributed by atoms with Gasteiger partial charge >= 0.3 is 11.9 Å². The summed E-state index contributed by atoms with van der Waals surface area (Å²) in [6.45, 7) is 15.1. The van der Waals surface area contributed by atoms with Crippen LogP contribution in [0.4, 0.5) is 0 Å². The van der Waals surface area contributed by atoms with Crippen LogP contribution in [0.15, 0.2) is 24.3 Å². The van der Waals surface area contributed by atoms with E-state index in [1.54, 1.807) is 13.8 Å². The predicted octanol–water partition coefficient (Wildman–Crippen LogP) is 4.06. The Kier molecular flexibility index (Phi) is 13.9. The molecule has 122 valence electrons. The van der Waals surface area contributed by atoms with Gasteiger partial charge in [0.2, 0.25) is 0 Å². The number of carbonyl (C=O) groups excluding carboxylic acids is 2. The lowest BCUT2D eigenvalue weighted by Gasteiger charge is -2.05. The molecule has 0 unspecified atom stereocenters. The number of ether oxygens (including phenoxy) is 2. The largest absolute Gasteiger partial charge is 0.466 e. The van der Waals surface area contributed by atoms with Crippen molar-refractivity contribution in [1.29, 1.82) is 0 Å². The number of esters is 2. The first-order valence-electron chi connectivity index (χ1n) is 7.28. The molecule has 0 aliphatic carbocycles. The molecule has 0 aliphatic rings. The average molecular weight is 298 g/mol. The Morgan fingerprint density at radius 1 is 0.952 bits per heavy atom. The summed E-state index contributed by atoms with van der Waals surface area (Å²) in [7, 11) is 1.33. The highest BCUT2D eigenvalue weighted by Crippen LogP contribution is 2.08. The zero-order valence-corrected chi connectivity index (χ0v) is 14.2. The Labute approximate surface area is 129 Å². The maximum Gasteiger partial charge on any atom is 0.333 e. The number of hydrogen-bond acceptors (Lipinski definition) is 4. The molecule has 21 heavy (non-hydrogen) atoms. The monoisotopic (exact) mass is 298 g/mol. The second-order valence-electron chi connectivity index (χ2n) is 5.43. The Hall–Kier alpha value is -1.58. The van der Waals surface area contributed by atoms with Crippen molar-refractivity contribution in [3.05, 3.63) is 24.3 Å². The van der Waals surface area contributed by atoms with Crippen LogP contribution < -0.4 is 0 Å². The van der Waals surface area contributed by atoms with E-state index in [4.69, 9.17) is 4.74 Å². The molecule has 0 saturated heterocycles. The number of carbonyl (C=O) groups is 2. The summed E-state index contributed by atoms with van der Waals surface area (Å²) in [4.78, 5) is 21.2. The minimum Gasteiger partial charge on any atom is -0.466 e. The fraction of sp³-hybridized carbons (Fsp3) is 0.647. The van der Waals surface area contributed by atoms with Gasteiger partial charge in [0.05, 0.1) is 13.7 Å². The molecule has 0 bridgehead atoms. The maximum absolute atomic E-state index is 11.0. The molecule has 0 aromatic heterocycles. The van der Waals surface area contributed by atoms with Crippen molar-refractivity contribution in [3.8, 4) is 0 Å². The van der Waals surface area contributed by atoms with Gasteiger partial charge in [0.25, 0.3) is 0 Å². The third-order valence-corrected chi connectivity index (χ3v) is 2.54. The van der Waals surface area contributed by atoms with Crippen LogP contribution >= 0.6 is 0 Å². The lowest BCUT2D eigenvalue weighted by Crippen LogP contribution is -2.06. The second-order valence-corrected chi connectivity index (χ2v) is 5.43. The zero-order valence-electron chi connectivity index (χ0n) is 14.2. The van der Waals surface area contributed by atoms with Gasteiger partial charge in [-0.3, -0.25) is 0 Å². The highest BCUT2D eigenvalue weighted by atomic mass is 16.5. The minimum atomic E-state index is -0.347. The summed E-state index contributed by atoms with van der Waals surface area (Å²) in [6.07, 6.45) is 4.59. The third-order valence-electron chi connectivity index (χ3n) is 2.54. The number of hydrogen-bond donors (Lipinski definition) is 0. The van der Waals surface area contributed by atoms with E-state index in [9.17, 15) is 9.59 Å². The van der Waals surface area contributed by atoms with E-state index in [0.29, 0.717) is 17.8 Å². The van der Waals surface area contributed by atoms with Crippen molar-refractivity contribution in [2.75, 3.05) is 13.7 Å². The van der Waals surface area contributed by atoms with Gasteiger partial charge < -0.3 is 9.47 Å². The van der Waals surface area contributed by atoms with Crippen molar-refractivity contribution in [2.24, 2.45) is 5.92 Å². The van der Waals surface area contributed by atoms with E-state index in [1.165, 1.54) is 20.0 Å². The van der Waals surface area contributed by atoms with Crippen LogP contribution in [0.25, 0.3) is 0 Å². The van der Waals surface area contributed by atoms with Gasteiger partial charge in [0.1, 0.15) is 0 Å². The predicted molar refractivity (Wildman–Crippen MR) is 85.9 cm³/mol. The van der Waals surface area contributed by atoms with E-state index >= 15 is 0 Å². The molecule has 0 N–H and O–H groups in total. The summed E-state index contributed by atoms with van der Waals surface area (Å²) < 4.78 is 9.25. The molecule has 0 heterocycles. The minimum absolute atomic E-state index is 0.270. The van der Waals surface area contributed by atoms with Crippen LogP contribution in [-0.2, 0) is 19.1 Å². The Bertz CT molecular complexity index is 343. The molecule has 4 nitrogen and oxygen atoms in total.